The van der Waals surface area contributed by atoms with Crippen molar-refractivity contribution in [3.05, 3.63) is 66.9 Å². The molecule has 0 saturated carbocycles. The SMILES string of the molecule is CCOC(=O)[C@H](C)NP(=O)(OC[C@H]1O[C@@H](n2cc(C=CBr)c(=O)[nH]c2=O)CC1O)Oc1ccc(Cl)cc1. The summed E-state index contributed by atoms with van der Waals surface area (Å²) in [7, 11) is -4.21. The molecule has 1 aromatic carbocycles. The highest BCUT2D eigenvalue weighted by Crippen LogP contribution is 2.46. The van der Waals surface area contributed by atoms with E-state index in [1.807, 2.05) is 0 Å². The maximum absolute atomic E-state index is 13.6. The van der Waals surface area contributed by atoms with Crippen molar-refractivity contribution in [1.82, 2.24) is 14.6 Å². The number of aliphatic hydroxyl groups excluding tert-OH is 1. The van der Waals surface area contributed by atoms with Crippen LogP contribution in [0.25, 0.3) is 6.08 Å². The van der Waals surface area contributed by atoms with E-state index in [-0.39, 0.29) is 24.3 Å². The van der Waals surface area contributed by atoms with Crippen LogP contribution in [0.2, 0.25) is 5.02 Å². The minimum atomic E-state index is -4.21. The first kappa shape index (κ1) is 29.3. The Bertz CT molecular complexity index is 1280. The third kappa shape index (κ3) is 7.87. The molecule has 0 amide bonds. The predicted octanol–water partition coefficient (Wildman–Crippen LogP) is 2.95. The lowest BCUT2D eigenvalue weighted by Gasteiger charge is -2.24. The van der Waals surface area contributed by atoms with Crippen LogP contribution in [0.3, 0.4) is 0 Å². The number of carbonyl (C=O) groups is 1. The topological polar surface area (TPSA) is 158 Å². The Morgan fingerprint density at radius 2 is 2.11 bits per heavy atom. The molecule has 0 bridgehead atoms. The van der Waals surface area contributed by atoms with Gasteiger partial charge in [-0.3, -0.25) is 23.7 Å². The van der Waals surface area contributed by atoms with Gasteiger partial charge in [0.2, 0.25) is 0 Å². The lowest BCUT2D eigenvalue weighted by molar-refractivity contribution is -0.144. The average Bonchev–Trinajstić information content (AvgIpc) is 3.21. The Balaban J connectivity index is 1.76. The van der Waals surface area contributed by atoms with Crippen molar-refractivity contribution in [2.45, 2.75) is 44.7 Å². The molecule has 15 heteroatoms. The van der Waals surface area contributed by atoms with E-state index in [4.69, 9.17) is 30.1 Å². The van der Waals surface area contributed by atoms with E-state index in [0.717, 1.165) is 4.57 Å². The van der Waals surface area contributed by atoms with Gasteiger partial charge in [0.05, 0.1) is 24.9 Å². The van der Waals surface area contributed by atoms with E-state index in [2.05, 4.69) is 26.0 Å². The number of nitrogens with zero attached hydrogens (tertiary/aromatic N) is 1. The number of hydrogen-bond donors (Lipinski definition) is 3. The molecule has 0 aliphatic carbocycles. The molecule has 1 aromatic heterocycles. The van der Waals surface area contributed by atoms with Crippen LogP contribution >= 0.6 is 35.3 Å². The zero-order chi connectivity index (χ0) is 27.2. The van der Waals surface area contributed by atoms with Crippen LogP contribution in [0.5, 0.6) is 5.75 Å². The molecular formula is C22H26BrClN3O9P. The molecule has 0 spiro atoms. The van der Waals surface area contributed by atoms with Gasteiger partial charge in [-0.25, -0.2) is 9.36 Å². The van der Waals surface area contributed by atoms with Crippen molar-refractivity contribution in [2.75, 3.05) is 13.2 Å². The molecule has 202 valence electrons. The normalized spacial score (nSPS) is 22.0. The lowest BCUT2D eigenvalue weighted by atomic mass is 10.2. The Morgan fingerprint density at radius 1 is 1.41 bits per heavy atom. The van der Waals surface area contributed by atoms with Crippen LogP contribution in [0.15, 0.2) is 45.0 Å². The molecule has 1 aliphatic heterocycles. The van der Waals surface area contributed by atoms with Crippen LogP contribution in [0.4, 0.5) is 0 Å². The minimum absolute atomic E-state index is 0.00750. The van der Waals surface area contributed by atoms with Gasteiger partial charge in [0.15, 0.2) is 0 Å². The molecule has 1 saturated heterocycles. The second-order valence-electron chi connectivity index (χ2n) is 7.92. The van der Waals surface area contributed by atoms with Gasteiger partial charge in [-0.15, -0.1) is 0 Å². The largest absolute Gasteiger partial charge is 0.465 e. The van der Waals surface area contributed by atoms with Crippen LogP contribution in [-0.2, 0) is 23.4 Å². The highest BCUT2D eigenvalue weighted by Gasteiger charge is 2.39. The number of aromatic amines is 1. The fourth-order valence-corrected chi connectivity index (χ4v) is 5.30. The van der Waals surface area contributed by atoms with E-state index in [1.54, 1.807) is 6.92 Å². The highest BCUT2D eigenvalue weighted by atomic mass is 79.9. The van der Waals surface area contributed by atoms with E-state index < -0.39 is 56.0 Å². The number of esters is 1. The zero-order valence-electron chi connectivity index (χ0n) is 19.8. The molecule has 2 unspecified atom stereocenters. The Labute approximate surface area is 225 Å². The molecular weight excluding hydrogens is 597 g/mol. The molecule has 1 aliphatic rings. The van der Waals surface area contributed by atoms with E-state index >= 15 is 0 Å². The van der Waals surface area contributed by atoms with Gasteiger partial charge in [-0.2, -0.15) is 5.09 Å². The smallest absolute Gasteiger partial charge is 0.459 e. The standard InChI is InChI=1S/C22H26BrClN3O9P/c1-3-33-21(30)13(2)26-37(32,36-16-6-4-15(24)5-7-16)34-12-18-17(28)10-19(35-18)27-11-14(8-9-23)20(29)25-22(27)31/h4-9,11,13,17-19,28H,3,10,12H2,1-2H3,(H,26,32)(H,25,29,31)/t13-,17?,18+,19+,37?/m0/s1. The van der Waals surface area contributed by atoms with E-state index in [0.29, 0.717) is 5.02 Å². The van der Waals surface area contributed by atoms with Crippen molar-refractivity contribution in [3.8, 4) is 5.75 Å². The van der Waals surface area contributed by atoms with Gasteiger partial charge >= 0.3 is 19.4 Å². The zero-order valence-corrected chi connectivity index (χ0v) is 23.1. The number of nitrogens with one attached hydrogen (secondary N) is 2. The van der Waals surface area contributed by atoms with Crippen molar-refractivity contribution >= 4 is 47.3 Å². The number of halogens is 2. The first-order valence-corrected chi connectivity index (χ1v) is 14.0. The third-order valence-electron chi connectivity index (χ3n) is 5.19. The summed E-state index contributed by atoms with van der Waals surface area (Å²) in [5.74, 6) is -0.525. The Morgan fingerprint density at radius 3 is 2.76 bits per heavy atom. The van der Waals surface area contributed by atoms with Gasteiger partial charge < -0.3 is 19.1 Å². The third-order valence-corrected chi connectivity index (χ3v) is 7.35. The number of aliphatic hydroxyl groups is 1. The lowest BCUT2D eigenvalue weighted by Crippen LogP contribution is -2.36. The molecule has 1 fully saturated rings. The predicted molar refractivity (Wildman–Crippen MR) is 139 cm³/mol. The summed E-state index contributed by atoms with van der Waals surface area (Å²) in [6.45, 7) is 2.76. The second-order valence-corrected chi connectivity index (χ2v) is 10.6. The number of ether oxygens (including phenoxy) is 2. The Hall–Kier alpha value is -2.25. The summed E-state index contributed by atoms with van der Waals surface area (Å²) >= 11 is 8.97. The van der Waals surface area contributed by atoms with Crippen LogP contribution < -0.4 is 20.9 Å². The van der Waals surface area contributed by atoms with E-state index in [9.17, 15) is 24.1 Å². The van der Waals surface area contributed by atoms with Crippen molar-refractivity contribution in [1.29, 1.82) is 0 Å². The molecule has 12 nitrogen and oxygen atoms in total. The summed E-state index contributed by atoms with van der Waals surface area (Å²) in [5.41, 5.74) is -1.12. The number of H-pyrrole nitrogens is 1. The van der Waals surface area contributed by atoms with Gasteiger partial charge in [0.25, 0.3) is 5.56 Å². The molecule has 37 heavy (non-hydrogen) atoms. The quantitative estimate of drug-likeness (QED) is 0.251. The van der Waals surface area contributed by atoms with E-state index in [1.165, 1.54) is 48.4 Å². The van der Waals surface area contributed by atoms with Crippen molar-refractivity contribution < 1.29 is 33.0 Å². The summed E-state index contributed by atoms with van der Waals surface area (Å²) < 4.78 is 36.5. The van der Waals surface area contributed by atoms with Crippen LogP contribution in [-0.4, -0.2) is 52.1 Å². The molecule has 2 aromatic rings. The average molecular weight is 623 g/mol. The first-order valence-electron chi connectivity index (χ1n) is 11.1. The van der Waals surface area contributed by atoms with Gasteiger partial charge in [0, 0.05) is 17.6 Å². The molecule has 0 radical (unpaired) electrons. The van der Waals surface area contributed by atoms with Crippen LogP contribution in [0.1, 0.15) is 32.1 Å². The summed E-state index contributed by atoms with van der Waals surface area (Å²) in [5, 5.41) is 13.5. The molecule has 5 atom stereocenters. The monoisotopic (exact) mass is 621 g/mol. The maximum Gasteiger partial charge on any atom is 0.459 e. The summed E-state index contributed by atoms with van der Waals surface area (Å²) in [6.07, 6.45) is -0.311. The minimum Gasteiger partial charge on any atom is -0.465 e. The molecule has 3 rings (SSSR count). The summed E-state index contributed by atoms with van der Waals surface area (Å²) in [4.78, 5) is 40.0. The number of benzene rings is 1. The van der Waals surface area contributed by atoms with Crippen LogP contribution in [0, 0.1) is 0 Å². The number of hydrogen-bond acceptors (Lipinski definition) is 9. The number of aromatic nitrogens is 2. The fraction of sp³-hybridized carbons (Fsp3) is 0.409. The molecule has 3 N–H and O–H groups in total. The van der Waals surface area contributed by atoms with Crippen molar-refractivity contribution in [2.24, 2.45) is 0 Å². The number of rotatable bonds is 11. The fourth-order valence-electron chi connectivity index (χ4n) is 3.39. The van der Waals surface area contributed by atoms with Gasteiger partial charge in [-0.05, 0) is 49.2 Å². The number of carbonyl (C=O) groups excluding carboxylic acids is 1. The van der Waals surface area contributed by atoms with Gasteiger partial charge in [0.1, 0.15) is 24.1 Å². The maximum atomic E-state index is 13.6. The summed E-state index contributed by atoms with van der Waals surface area (Å²) in [6, 6.07) is 4.92. The first-order chi connectivity index (χ1) is 17.5. The highest BCUT2D eigenvalue weighted by molar-refractivity contribution is 9.11. The van der Waals surface area contributed by atoms with Gasteiger partial charge in [-0.1, -0.05) is 27.5 Å². The molecule has 2 heterocycles. The Kier molecular flexibility index (Phi) is 10.3. The van der Waals surface area contributed by atoms with Crippen molar-refractivity contribution in [3.63, 3.8) is 0 Å². The second kappa shape index (κ2) is 13.0.